The third-order valence-electron chi connectivity index (χ3n) is 0.200. The van der Waals surface area contributed by atoms with Crippen LogP contribution >= 0.6 is 0 Å². The summed E-state index contributed by atoms with van der Waals surface area (Å²) in [5.41, 5.74) is 0. The van der Waals surface area contributed by atoms with E-state index in [1.807, 2.05) is 0 Å². The van der Waals surface area contributed by atoms with E-state index in [-0.39, 0.29) is 43.1 Å². The largest absolute Gasteiger partial charge is 1.00 e. The van der Waals surface area contributed by atoms with Crippen LogP contribution in [0.3, 0.4) is 0 Å². The van der Waals surface area contributed by atoms with Gasteiger partial charge in [-0.25, -0.2) is 0 Å². The maximum absolute atomic E-state index is 9.51. The zero-order valence-corrected chi connectivity index (χ0v) is 10.1. The topological polar surface area (TPSA) is 127 Å². The molecule has 0 fully saturated rings. The summed E-state index contributed by atoms with van der Waals surface area (Å²) in [6.45, 7) is 0. The van der Waals surface area contributed by atoms with Gasteiger partial charge in [0.2, 0.25) is 0 Å². The summed E-state index contributed by atoms with van der Waals surface area (Å²) in [6, 6.07) is 0. The number of hydrogen-bond acceptors (Lipinski definition) is 7. The molecule has 0 spiro atoms. The third kappa shape index (κ3) is 17.3. The second kappa shape index (κ2) is 6.53. The normalized spacial score (nSPS) is 11.2. The van der Waals surface area contributed by atoms with Gasteiger partial charge in [0.25, 0.3) is 0 Å². The van der Waals surface area contributed by atoms with Crippen LogP contribution in [0.5, 0.6) is 0 Å². The molecule has 8 nitrogen and oxygen atoms in total. The number of rotatable bonds is 3. The van der Waals surface area contributed by atoms with Gasteiger partial charge in [-0.1, -0.05) is 8.67 Å². The molecule has 0 aliphatic rings. The molecule has 12 heteroatoms. The maximum atomic E-state index is 9.51. The van der Waals surface area contributed by atoms with Gasteiger partial charge in [0.1, 0.15) is 0 Å². The van der Waals surface area contributed by atoms with E-state index in [1.165, 1.54) is 0 Å². The van der Waals surface area contributed by atoms with Gasteiger partial charge in [0, 0.05) is 0 Å². The Balaban J connectivity index is -0.000000405. The molecule has 12 heavy (non-hydrogen) atoms. The molecule has 0 rings (SSSR count). The van der Waals surface area contributed by atoms with Crippen LogP contribution in [0.25, 0.3) is 0 Å². The Kier molecular flexibility index (Phi) is 10.2. The second-order valence-corrected chi connectivity index (χ2v) is 2.97. The van der Waals surface area contributed by atoms with Crippen molar-refractivity contribution in [3.05, 3.63) is 0 Å². The quantitative estimate of drug-likeness (QED) is 0.127. The summed E-state index contributed by atoms with van der Waals surface area (Å²) in [5, 5.41) is 0. The van der Waals surface area contributed by atoms with Gasteiger partial charge in [-0.15, -0.1) is 0 Å². The fourth-order valence-corrected chi connectivity index (χ4v) is 0.632. The summed E-state index contributed by atoms with van der Waals surface area (Å²) >= 11 is 0. The van der Waals surface area contributed by atoms with Crippen LogP contribution in [-0.2, 0) is 43.0 Å². The Morgan fingerprint density at radius 1 is 0.833 bits per heavy atom. The van der Waals surface area contributed by atoms with Crippen LogP contribution in [0.15, 0.2) is 0 Å². The molecule has 0 bridgehead atoms. The zero-order valence-electron chi connectivity index (χ0n) is 5.61. The van der Waals surface area contributed by atoms with Crippen LogP contribution in [0.2, 0.25) is 0 Å². The maximum Gasteiger partial charge on any atom is 1.00 e. The average molecular weight is 250 g/mol. The predicted octanol–water partition coefficient (Wildman–Crippen LogP) is -4.73. The first-order valence-corrected chi connectivity index (χ1v) is 4.26. The molecule has 0 aliphatic heterocycles. The molecular weight excluding hydrogens is 247 g/mol. The molecule has 0 unspecified atom stereocenters. The van der Waals surface area contributed by atoms with Gasteiger partial charge >= 0.3 is 50.4 Å². The van der Waals surface area contributed by atoms with E-state index >= 15 is 0 Å². The summed E-state index contributed by atoms with van der Waals surface area (Å²) in [4.78, 5) is 0. The molecule has 70 valence electrons. The fraction of sp³-hybridized carbons (Fsp3) is 0. The van der Waals surface area contributed by atoms with Gasteiger partial charge < -0.3 is 13.5 Å². The Morgan fingerprint density at radius 2 is 1.00 bits per heavy atom. The van der Waals surface area contributed by atoms with Crippen molar-refractivity contribution in [3.63, 3.8) is 0 Å². The smallest absolute Gasteiger partial charge is 0.813 e. The van der Waals surface area contributed by atoms with Crippen molar-refractivity contribution >= 4 is 34.3 Å². The standard InChI is InChI=1S/Na.H2O8S2.H2S/c;1-9(2,3)7-8-10(4,5)6;/h;(H,1,2,3)(H,4,5,6);1H2/q+1;;/p-1. The van der Waals surface area contributed by atoms with Crippen molar-refractivity contribution in [2.45, 2.75) is 0 Å². The molecular formula is H3NaO8S3. The Hall–Kier alpha value is 1.09. The van der Waals surface area contributed by atoms with Gasteiger partial charge in [0.15, 0.2) is 0 Å². The van der Waals surface area contributed by atoms with E-state index in [2.05, 4.69) is 8.67 Å². The summed E-state index contributed by atoms with van der Waals surface area (Å²) in [7, 11) is -10.0. The van der Waals surface area contributed by atoms with Gasteiger partial charge in [-0.3, -0.25) is 9.11 Å². The Morgan fingerprint density at radius 3 is 1.08 bits per heavy atom. The molecule has 0 aromatic rings. The first-order valence-electron chi connectivity index (χ1n) is 1.53. The van der Waals surface area contributed by atoms with Crippen molar-refractivity contribution in [1.29, 1.82) is 0 Å². The van der Waals surface area contributed by atoms with E-state index in [1.54, 1.807) is 0 Å². The van der Waals surface area contributed by atoms with E-state index in [9.17, 15) is 16.8 Å². The van der Waals surface area contributed by atoms with E-state index in [0.717, 1.165) is 0 Å². The molecule has 0 heterocycles. The fourth-order valence-electron chi connectivity index (χ4n) is 0.0702. The second-order valence-electron chi connectivity index (χ2n) is 0.992. The minimum atomic E-state index is -5.02. The average Bonchev–Trinajstić information content (AvgIpc) is 1.57. The molecule has 0 radical (unpaired) electrons. The van der Waals surface area contributed by atoms with Crippen LogP contribution in [0.1, 0.15) is 0 Å². The minimum absolute atomic E-state index is 0. The summed E-state index contributed by atoms with van der Waals surface area (Å²) in [5.74, 6) is 0. The molecule has 0 saturated carbocycles. The van der Waals surface area contributed by atoms with Gasteiger partial charge in [-0.05, 0) is 0 Å². The van der Waals surface area contributed by atoms with Crippen molar-refractivity contribution < 1.29 is 64.2 Å². The number of thiol groups is 1. The van der Waals surface area contributed by atoms with Crippen molar-refractivity contribution in [1.82, 2.24) is 0 Å². The zero-order chi connectivity index (χ0) is 8.41. The molecule has 0 atom stereocenters. The molecule has 0 aliphatic carbocycles. The van der Waals surface area contributed by atoms with Gasteiger partial charge in [0.05, 0.1) is 0 Å². The molecule has 0 amide bonds. The first kappa shape index (κ1) is 18.8. The van der Waals surface area contributed by atoms with Crippen molar-refractivity contribution in [2.24, 2.45) is 0 Å². The van der Waals surface area contributed by atoms with E-state index in [4.69, 9.17) is 9.11 Å². The Bertz CT molecular complexity index is 250. The minimum Gasteiger partial charge on any atom is -0.813 e. The Labute approximate surface area is 97.8 Å². The van der Waals surface area contributed by atoms with Crippen molar-refractivity contribution in [2.75, 3.05) is 0 Å². The van der Waals surface area contributed by atoms with E-state index < -0.39 is 20.8 Å². The van der Waals surface area contributed by atoms with Crippen LogP contribution < -0.4 is 29.6 Å². The number of hydrogen-bond donors (Lipinski definition) is 2. The SMILES string of the molecule is O=S(=O)(O)OOS(=O)(=O)O.[Na+].[SH-]. The molecule has 0 aromatic heterocycles. The third-order valence-corrected chi connectivity index (χ3v) is 0.766. The van der Waals surface area contributed by atoms with Gasteiger partial charge in [-0.2, -0.15) is 16.8 Å². The van der Waals surface area contributed by atoms with Crippen molar-refractivity contribution in [3.8, 4) is 0 Å². The first-order chi connectivity index (χ1) is 4.21. The molecule has 2 N–H and O–H groups in total. The van der Waals surface area contributed by atoms with Crippen LogP contribution in [-0.4, -0.2) is 25.9 Å². The summed E-state index contributed by atoms with van der Waals surface area (Å²) in [6.07, 6.45) is 0. The van der Waals surface area contributed by atoms with Crippen LogP contribution in [0, 0.1) is 0 Å². The molecule has 0 saturated heterocycles. The molecule has 0 aromatic carbocycles. The predicted molar refractivity (Wildman–Crippen MR) is 34.0 cm³/mol. The summed E-state index contributed by atoms with van der Waals surface area (Å²) < 4.78 is 58.9. The monoisotopic (exact) mass is 250 g/mol. The van der Waals surface area contributed by atoms with Crippen LogP contribution in [0.4, 0.5) is 0 Å². The van der Waals surface area contributed by atoms with E-state index in [0.29, 0.717) is 0 Å².